The Labute approximate surface area is 127 Å². The number of hydrogen-bond donors (Lipinski definition) is 2. The highest BCUT2D eigenvalue weighted by Gasteiger charge is 2.14. The first kappa shape index (κ1) is 15.7. The molecule has 0 saturated heterocycles. The Morgan fingerprint density at radius 2 is 1.90 bits per heavy atom. The number of carbonyl (C=O) groups is 1. The van der Waals surface area contributed by atoms with E-state index in [1.807, 2.05) is 32.0 Å². The molecule has 1 fully saturated rings. The van der Waals surface area contributed by atoms with Crippen molar-refractivity contribution in [3.05, 3.63) is 29.3 Å². The van der Waals surface area contributed by atoms with Crippen LogP contribution in [-0.2, 0) is 0 Å². The zero-order valence-electron chi connectivity index (χ0n) is 13.1. The molecule has 21 heavy (non-hydrogen) atoms. The van der Waals surface area contributed by atoms with Crippen LogP contribution < -0.4 is 15.4 Å². The smallest absolute Gasteiger partial charge is 0.317 e. The lowest BCUT2D eigenvalue weighted by molar-refractivity contribution is 0.219. The summed E-state index contributed by atoms with van der Waals surface area (Å²) in [4.78, 5) is 11.9. The van der Waals surface area contributed by atoms with Crippen LogP contribution in [0.3, 0.4) is 0 Å². The van der Waals surface area contributed by atoms with Crippen LogP contribution in [0.1, 0.15) is 49.7 Å². The van der Waals surface area contributed by atoms with Crippen LogP contribution in [0, 0.1) is 13.8 Å². The molecule has 1 aliphatic carbocycles. The van der Waals surface area contributed by atoms with Crippen LogP contribution >= 0.6 is 0 Å². The summed E-state index contributed by atoms with van der Waals surface area (Å²) in [6, 6.07) is 6.12. The summed E-state index contributed by atoms with van der Waals surface area (Å²) in [6.45, 7) is 4.27. The van der Waals surface area contributed by atoms with Crippen LogP contribution in [0.4, 0.5) is 4.79 Å². The molecule has 4 heteroatoms. The summed E-state index contributed by atoms with van der Waals surface area (Å²) in [5, 5.41) is 5.81. The summed E-state index contributed by atoms with van der Waals surface area (Å²) >= 11 is 0. The van der Waals surface area contributed by atoms with Crippen molar-refractivity contribution in [1.29, 1.82) is 0 Å². The van der Waals surface area contributed by atoms with Gasteiger partial charge in [0.05, 0.1) is 0 Å². The molecule has 2 amide bonds. The van der Waals surface area contributed by atoms with Crippen LogP contribution in [-0.4, -0.2) is 18.8 Å². The van der Waals surface area contributed by atoms with Gasteiger partial charge in [-0.25, -0.2) is 4.79 Å². The van der Waals surface area contributed by atoms with E-state index in [-0.39, 0.29) is 12.8 Å². The van der Waals surface area contributed by atoms with Crippen molar-refractivity contribution in [2.75, 3.05) is 6.73 Å². The molecule has 2 rings (SSSR count). The maximum Gasteiger partial charge on any atom is 0.317 e. The maximum atomic E-state index is 11.9. The van der Waals surface area contributed by atoms with Gasteiger partial charge in [0.1, 0.15) is 5.75 Å². The fraction of sp³-hybridized carbons (Fsp3) is 0.588. The fourth-order valence-electron chi connectivity index (χ4n) is 2.72. The molecule has 1 saturated carbocycles. The van der Waals surface area contributed by atoms with Gasteiger partial charge in [-0.15, -0.1) is 0 Å². The van der Waals surface area contributed by atoms with E-state index in [2.05, 4.69) is 10.6 Å². The van der Waals surface area contributed by atoms with E-state index < -0.39 is 0 Å². The average Bonchev–Trinajstić information content (AvgIpc) is 2.72. The van der Waals surface area contributed by atoms with Gasteiger partial charge in [0.2, 0.25) is 0 Å². The molecule has 2 N–H and O–H groups in total. The number of urea groups is 1. The maximum absolute atomic E-state index is 11.9. The number of benzene rings is 1. The van der Waals surface area contributed by atoms with Crippen molar-refractivity contribution in [3.8, 4) is 5.75 Å². The van der Waals surface area contributed by atoms with Crippen LogP contribution in [0.25, 0.3) is 0 Å². The zero-order chi connectivity index (χ0) is 15.1. The molecule has 0 aromatic heterocycles. The monoisotopic (exact) mass is 290 g/mol. The number of rotatable bonds is 4. The second kappa shape index (κ2) is 7.91. The highest BCUT2D eigenvalue weighted by Crippen LogP contribution is 2.20. The third kappa shape index (κ3) is 4.96. The van der Waals surface area contributed by atoms with Gasteiger partial charge in [0.15, 0.2) is 6.73 Å². The number of amides is 2. The summed E-state index contributed by atoms with van der Waals surface area (Å²) in [5.41, 5.74) is 2.30. The van der Waals surface area contributed by atoms with Gasteiger partial charge in [0.25, 0.3) is 0 Å². The predicted octanol–water partition coefficient (Wildman–Crippen LogP) is 3.66. The molecule has 0 aliphatic heterocycles. The van der Waals surface area contributed by atoms with E-state index in [9.17, 15) is 4.79 Å². The Hall–Kier alpha value is -1.71. The molecule has 0 heterocycles. The Morgan fingerprint density at radius 3 is 2.62 bits per heavy atom. The molecular formula is C17H26N2O2. The number of nitrogens with one attached hydrogen (secondary N) is 2. The quantitative estimate of drug-likeness (QED) is 0.656. The highest BCUT2D eigenvalue weighted by atomic mass is 16.5. The van der Waals surface area contributed by atoms with Gasteiger partial charge < -0.3 is 15.4 Å². The third-order valence-electron chi connectivity index (χ3n) is 4.21. The molecule has 0 unspecified atom stereocenters. The lowest BCUT2D eigenvalue weighted by atomic mass is 10.1. The van der Waals surface area contributed by atoms with Crippen molar-refractivity contribution in [3.63, 3.8) is 0 Å². The van der Waals surface area contributed by atoms with Gasteiger partial charge in [-0.1, -0.05) is 37.8 Å². The lowest BCUT2D eigenvalue weighted by Gasteiger charge is -2.17. The lowest BCUT2D eigenvalue weighted by Crippen LogP contribution is -2.43. The zero-order valence-corrected chi connectivity index (χ0v) is 13.1. The van der Waals surface area contributed by atoms with E-state index >= 15 is 0 Å². The SMILES string of the molecule is Cc1cccc(OCNC(=O)NC2CCCCCC2)c1C. The first-order chi connectivity index (χ1) is 10.2. The van der Waals surface area contributed by atoms with Crippen molar-refractivity contribution in [2.45, 2.75) is 58.4 Å². The van der Waals surface area contributed by atoms with E-state index in [1.165, 1.54) is 31.2 Å². The molecule has 1 aromatic carbocycles. The molecule has 0 spiro atoms. The van der Waals surface area contributed by atoms with E-state index in [0.717, 1.165) is 24.2 Å². The Kier molecular flexibility index (Phi) is 5.90. The molecule has 116 valence electrons. The molecule has 0 radical (unpaired) electrons. The second-order valence-electron chi connectivity index (χ2n) is 5.83. The van der Waals surface area contributed by atoms with Gasteiger partial charge >= 0.3 is 6.03 Å². The van der Waals surface area contributed by atoms with Gasteiger partial charge in [0, 0.05) is 6.04 Å². The third-order valence-corrected chi connectivity index (χ3v) is 4.21. The Balaban J connectivity index is 1.72. The van der Waals surface area contributed by atoms with E-state index in [0.29, 0.717) is 6.04 Å². The first-order valence-corrected chi connectivity index (χ1v) is 7.90. The normalized spacial score (nSPS) is 16.1. The fourth-order valence-corrected chi connectivity index (χ4v) is 2.72. The number of ether oxygens (including phenoxy) is 1. The summed E-state index contributed by atoms with van der Waals surface area (Å²) in [5.74, 6) is 0.824. The summed E-state index contributed by atoms with van der Waals surface area (Å²) in [6.07, 6.45) is 7.18. The minimum atomic E-state index is -0.132. The number of carbonyl (C=O) groups excluding carboxylic acids is 1. The Morgan fingerprint density at radius 1 is 1.19 bits per heavy atom. The second-order valence-corrected chi connectivity index (χ2v) is 5.83. The van der Waals surface area contributed by atoms with Gasteiger partial charge in [-0.3, -0.25) is 0 Å². The molecule has 0 bridgehead atoms. The van der Waals surface area contributed by atoms with Crippen LogP contribution in [0.15, 0.2) is 18.2 Å². The Bertz CT molecular complexity index is 466. The number of aryl methyl sites for hydroxylation is 1. The van der Waals surface area contributed by atoms with Crippen LogP contribution in [0.2, 0.25) is 0 Å². The van der Waals surface area contributed by atoms with Crippen molar-refractivity contribution >= 4 is 6.03 Å². The molecule has 1 aromatic rings. The van der Waals surface area contributed by atoms with Crippen molar-refractivity contribution in [1.82, 2.24) is 10.6 Å². The standard InChI is InChI=1S/C17H26N2O2/c1-13-8-7-11-16(14(13)2)21-12-18-17(20)19-15-9-5-3-4-6-10-15/h7-8,11,15H,3-6,9-10,12H2,1-2H3,(H2,18,19,20). The first-order valence-electron chi connectivity index (χ1n) is 7.90. The summed E-state index contributed by atoms with van der Waals surface area (Å²) < 4.78 is 5.63. The molecule has 4 nitrogen and oxygen atoms in total. The molecular weight excluding hydrogens is 264 g/mol. The highest BCUT2D eigenvalue weighted by molar-refractivity contribution is 5.74. The van der Waals surface area contributed by atoms with Crippen LogP contribution in [0.5, 0.6) is 5.75 Å². The van der Waals surface area contributed by atoms with E-state index in [4.69, 9.17) is 4.74 Å². The van der Waals surface area contributed by atoms with Crippen molar-refractivity contribution < 1.29 is 9.53 Å². The minimum Gasteiger partial charge on any atom is -0.473 e. The van der Waals surface area contributed by atoms with Gasteiger partial charge in [-0.2, -0.15) is 0 Å². The summed E-state index contributed by atoms with van der Waals surface area (Å²) in [7, 11) is 0. The largest absolute Gasteiger partial charge is 0.473 e. The number of hydrogen-bond acceptors (Lipinski definition) is 2. The minimum absolute atomic E-state index is 0.132. The van der Waals surface area contributed by atoms with Crippen molar-refractivity contribution in [2.24, 2.45) is 0 Å². The van der Waals surface area contributed by atoms with Gasteiger partial charge in [-0.05, 0) is 43.9 Å². The van der Waals surface area contributed by atoms with E-state index in [1.54, 1.807) is 0 Å². The average molecular weight is 290 g/mol. The topological polar surface area (TPSA) is 50.4 Å². The molecule has 1 aliphatic rings. The molecule has 0 atom stereocenters. The predicted molar refractivity (Wildman–Crippen MR) is 84.6 cm³/mol.